The van der Waals surface area contributed by atoms with Crippen molar-refractivity contribution in [2.24, 2.45) is 0 Å². The molecule has 0 aromatic heterocycles. The minimum Gasteiger partial charge on any atom is -0.368 e. The lowest BCUT2D eigenvalue weighted by Crippen LogP contribution is -2.52. The molecule has 0 aliphatic carbocycles. The number of piperazine rings is 1. The van der Waals surface area contributed by atoms with Crippen LogP contribution in [0.1, 0.15) is 18.1 Å². The Morgan fingerprint density at radius 3 is 2.23 bits per heavy atom. The average molecular weight is 512 g/mol. The molecule has 1 aliphatic rings. The summed E-state index contributed by atoms with van der Waals surface area (Å²) in [6.07, 6.45) is 0.848. The summed E-state index contributed by atoms with van der Waals surface area (Å²) in [7, 11) is -3.91. The first-order valence-corrected chi connectivity index (χ1v) is 13.6. The van der Waals surface area contributed by atoms with Crippen LogP contribution in [0.4, 0.5) is 11.4 Å². The van der Waals surface area contributed by atoms with Crippen molar-refractivity contribution in [1.29, 1.82) is 0 Å². The van der Waals surface area contributed by atoms with Gasteiger partial charge in [-0.25, -0.2) is 8.42 Å². The third kappa shape index (κ3) is 5.63. The van der Waals surface area contributed by atoms with Crippen molar-refractivity contribution >= 4 is 38.9 Å². The largest absolute Gasteiger partial charge is 0.368 e. The molecular formula is C27H30ClN3O3S. The fourth-order valence-corrected chi connectivity index (χ4v) is 5.88. The molecule has 0 bridgehead atoms. The number of sulfonamides is 1. The molecule has 3 aromatic carbocycles. The van der Waals surface area contributed by atoms with Gasteiger partial charge in [0, 0.05) is 36.9 Å². The van der Waals surface area contributed by atoms with E-state index in [4.69, 9.17) is 11.6 Å². The molecular weight excluding hydrogens is 482 g/mol. The molecule has 0 radical (unpaired) electrons. The van der Waals surface area contributed by atoms with Crippen molar-refractivity contribution in [3.63, 3.8) is 0 Å². The van der Waals surface area contributed by atoms with E-state index >= 15 is 0 Å². The summed E-state index contributed by atoms with van der Waals surface area (Å²) in [6, 6.07) is 21.4. The first-order valence-electron chi connectivity index (χ1n) is 11.7. The number of hydrogen-bond donors (Lipinski definition) is 0. The molecule has 6 nitrogen and oxygen atoms in total. The van der Waals surface area contributed by atoms with Gasteiger partial charge in [0.25, 0.3) is 10.0 Å². The lowest BCUT2D eigenvalue weighted by molar-refractivity contribution is -0.129. The predicted octanol–water partition coefficient (Wildman–Crippen LogP) is 4.75. The summed E-state index contributed by atoms with van der Waals surface area (Å²) < 4.78 is 28.3. The molecule has 0 spiro atoms. The summed E-state index contributed by atoms with van der Waals surface area (Å²) in [5, 5.41) is 0.681. The molecule has 1 saturated heterocycles. The maximum Gasteiger partial charge on any atom is 0.264 e. The van der Waals surface area contributed by atoms with Gasteiger partial charge in [-0.2, -0.15) is 0 Å². The van der Waals surface area contributed by atoms with Gasteiger partial charge in [-0.15, -0.1) is 0 Å². The highest BCUT2D eigenvalue weighted by molar-refractivity contribution is 7.92. The summed E-state index contributed by atoms with van der Waals surface area (Å²) >= 11 is 6.19. The maximum atomic E-state index is 13.5. The molecule has 184 valence electrons. The average Bonchev–Trinajstić information content (AvgIpc) is 2.89. The van der Waals surface area contributed by atoms with Crippen molar-refractivity contribution < 1.29 is 13.2 Å². The van der Waals surface area contributed by atoms with Gasteiger partial charge in [-0.3, -0.25) is 9.10 Å². The minimum atomic E-state index is -3.91. The van der Waals surface area contributed by atoms with Crippen LogP contribution >= 0.6 is 11.6 Å². The number of hydrogen-bond acceptors (Lipinski definition) is 4. The van der Waals surface area contributed by atoms with Crippen LogP contribution in [0.25, 0.3) is 0 Å². The highest BCUT2D eigenvalue weighted by Crippen LogP contribution is 2.27. The van der Waals surface area contributed by atoms with Crippen molar-refractivity contribution in [3.8, 4) is 0 Å². The topological polar surface area (TPSA) is 60.9 Å². The Bertz CT molecular complexity index is 1270. The van der Waals surface area contributed by atoms with Gasteiger partial charge in [0.2, 0.25) is 5.91 Å². The fourth-order valence-electron chi connectivity index (χ4n) is 4.28. The van der Waals surface area contributed by atoms with Gasteiger partial charge in [0.15, 0.2) is 0 Å². The highest BCUT2D eigenvalue weighted by Gasteiger charge is 2.30. The lowest BCUT2D eigenvalue weighted by Gasteiger charge is -2.37. The Hall–Kier alpha value is -3.03. The molecule has 1 amide bonds. The zero-order valence-corrected chi connectivity index (χ0v) is 21.6. The van der Waals surface area contributed by atoms with E-state index in [1.165, 1.54) is 4.31 Å². The molecule has 4 rings (SSSR count). The molecule has 0 atom stereocenters. The summed E-state index contributed by atoms with van der Waals surface area (Å²) in [4.78, 5) is 17.4. The van der Waals surface area contributed by atoms with Gasteiger partial charge in [-0.1, -0.05) is 54.9 Å². The van der Waals surface area contributed by atoms with Gasteiger partial charge in [0.1, 0.15) is 6.54 Å². The van der Waals surface area contributed by atoms with Crippen molar-refractivity contribution in [1.82, 2.24) is 4.90 Å². The molecule has 0 N–H and O–H groups in total. The van der Waals surface area contributed by atoms with E-state index in [9.17, 15) is 13.2 Å². The van der Waals surface area contributed by atoms with E-state index in [-0.39, 0.29) is 17.3 Å². The Balaban J connectivity index is 1.53. The van der Waals surface area contributed by atoms with Gasteiger partial charge in [-0.05, 0) is 60.9 Å². The smallest absolute Gasteiger partial charge is 0.264 e. The quantitative estimate of drug-likeness (QED) is 0.459. The van der Waals surface area contributed by atoms with Gasteiger partial charge < -0.3 is 9.80 Å². The zero-order chi connectivity index (χ0) is 25.0. The number of carbonyl (C=O) groups excluding carboxylic acids is 1. The Kier molecular flexibility index (Phi) is 7.67. The number of nitrogens with zero attached hydrogens (tertiary/aromatic N) is 3. The predicted molar refractivity (Wildman–Crippen MR) is 142 cm³/mol. The van der Waals surface area contributed by atoms with Crippen LogP contribution in [-0.2, 0) is 21.2 Å². The van der Waals surface area contributed by atoms with Crippen LogP contribution < -0.4 is 9.21 Å². The number of amides is 1. The monoisotopic (exact) mass is 511 g/mol. The molecule has 8 heteroatoms. The molecule has 0 unspecified atom stereocenters. The minimum absolute atomic E-state index is 0.161. The van der Waals surface area contributed by atoms with Crippen molar-refractivity contribution in [3.05, 3.63) is 88.9 Å². The van der Waals surface area contributed by atoms with Crippen LogP contribution in [0.5, 0.6) is 0 Å². The van der Waals surface area contributed by atoms with E-state index in [0.29, 0.717) is 36.9 Å². The van der Waals surface area contributed by atoms with Crippen LogP contribution in [0, 0.1) is 6.92 Å². The highest BCUT2D eigenvalue weighted by atomic mass is 35.5. The van der Waals surface area contributed by atoms with E-state index < -0.39 is 10.0 Å². The number of aryl methyl sites for hydroxylation is 2. The normalized spacial score (nSPS) is 14.1. The molecule has 1 aliphatic heterocycles. The fraction of sp³-hybridized carbons (Fsp3) is 0.296. The van der Waals surface area contributed by atoms with E-state index in [2.05, 4.69) is 4.90 Å². The number of carbonyl (C=O) groups is 1. The number of halogens is 1. The van der Waals surface area contributed by atoms with Crippen LogP contribution in [-0.4, -0.2) is 51.9 Å². The molecule has 0 saturated carbocycles. The Labute approximate surface area is 212 Å². The van der Waals surface area contributed by atoms with Crippen LogP contribution in [0.3, 0.4) is 0 Å². The number of benzene rings is 3. The van der Waals surface area contributed by atoms with E-state index in [1.807, 2.05) is 44.2 Å². The third-order valence-electron chi connectivity index (χ3n) is 6.39. The van der Waals surface area contributed by atoms with Gasteiger partial charge >= 0.3 is 0 Å². The Morgan fingerprint density at radius 1 is 0.943 bits per heavy atom. The van der Waals surface area contributed by atoms with Crippen molar-refractivity contribution in [2.75, 3.05) is 41.9 Å². The molecule has 1 fully saturated rings. The summed E-state index contributed by atoms with van der Waals surface area (Å²) in [5.41, 5.74) is 3.77. The standard InChI is InChI=1S/C27H30ClN3O3S/c1-3-22-10-13-24(14-11-22)31(35(33,34)25-7-5-4-6-8-25)20-27(32)30-17-15-29(16-18-30)26-19-23(28)12-9-21(26)2/h4-14,19H,3,15-18,20H2,1-2H3. The Morgan fingerprint density at radius 2 is 1.60 bits per heavy atom. The van der Waals surface area contributed by atoms with Crippen molar-refractivity contribution in [2.45, 2.75) is 25.2 Å². The first kappa shape index (κ1) is 25.1. The van der Waals surface area contributed by atoms with E-state index in [1.54, 1.807) is 47.4 Å². The third-order valence-corrected chi connectivity index (χ3v) is 8.41. The molecule has 3 aromatic rings. The number of rotatable bonds is 7. The SMILES string of the molecule is CCc1ccc(N(CC(=O)N2CCN(c3cc(Cl)ccc3C)CC2)S(=O)(=O)c2ccccc2)cc1. The molecule has 1 heterocycles. The molecule has 35 heavy (non-hydrogen) atoms. The lowest BCUT2D eigenvalue weighted by atomic mass is 10.1. The first-order chi connectivity index (χ1) is 16.8. The second-order valence-corrected chi connectivity index (χ2v) is 10.9. The zero-order valence-electron chi connectivity index (χ0n) is 20.0. The van der Waals surface area contributed by atoms with Gasteiger partial charge in [0.05, 0.1) is 10.6 Å². The summed E-state index contributed by atoms with van der Waals surface area (Å²) in [6.45, 7) is 6.17. The van der Waals surface area contributed by atoms with Crippen LogP contribution in [0.2, 0.25) is 5.02 Å². The second-order valence-electron chi connectivity index (χ2n) is 8.64. The second kappa shape index (κ2) is 10.7. The summed E-state index contributed by atoms with van der Waals surface area (Å²) in [5.74, 6) is -0.216. The number of anilines is 2. The van der Waals surface area contributed by atoms with E-state index in [0.717, 1.165) is 23.2 Å². The maximum absolute atomic E-state index is 13.5. The van der Waals surface area contributed by atoms with Crippen LogP contribution in [0.15, 0.2) is 77.7 Å².